The van der Waals surface area contributed by atoms with Crippen molar-refractivity contribution < 1.29 is 23.1 Å². The fourth-order valence-corrected chi connectivity index (χ4v) is 6.43. The monoisotopic (exact) mass is 722 g/mol. The van der Waals surface area contributed by atoms with Crippen molar-refractivity contribution in [1.29, 1.82) is 0 Å². The molecule has 5 aromatic rings. The quantitative estimate of drug-likeness (QED) is 0.123. The first kappa shape index (κ1) is 38.1. The highest BCUT2D eigenvalue weighted by Gasteiger charge is 2.23. The molecule has 0 aliphatic heterocycles. The first-order valence-corrected chi connectivity index (χ1v) is 17.4. The molecule has 50 heavy (non-hydrogen) atoms. The number of nitrogens with zero attached hydrogens (tertiary/aromatic N) is 6. The summed E-state index contributed by atoms with van der Waals surface area (Å²) in [6.07, 6.45) is 4.36. The second-order valence-electron chi connectivity index (χ2n) is 13.5. The molecule has 0 amide bonds. The van der Waals surface area contributed by atoms with E-state index >= 15 is 0 Å². The standard InChI is InChI=1S/C35H42N8O5S.ClH/c1-21(2)43-19-29-32(41-43)37-18-26(38-29)17-36-25(16-35(5,6)7)20-48-30-15-28(31-22(3)10-8-11-23(31)4)39-34(40-30)42-49(46,47)27-13-9-12-24(14-27)33(44)45;/h8-15,18-19,21,25,36H,16-17,20H2,1-7H3,(H,44,45)(H,39,40,42);1H/t25-;/m1./s1. The number of aromatic carboxylic acids is 1. The predicted octanol–water partition coefficient (Wildman–Crippen LogP) is 6.38. The molecule has 1 atom stereocenters. The molecule has 0 saturated carbocycles. The first-order chi connectivity index (χ1) is 23.1. The van der Waals surface area contributed by atoms with Gasteiger partial charge < -0.3 is 15.2 Å². The van der Waals surface area contributed by atoms with Crippen LogP contribution in [0.25, 0.3) is 22.4 Å². The minimum Gasteiger partial charge on any atom is -0.478 e. The molecule has 266 valence electrons. The molecule has 0 aliphatic carbocycles. The van der Waals surface area contributed by atoms with Crippen LogP contribution in [0.5, 0.6) is 5.88 Å². The zero-order valence-electron chi connectivity index (χ0n) is 29.1. The number of fused-ring (bicyclic) bond motifs is 1. The van der Waals surface area contributed by atoms with Crippen LogP contribution in [-0.4, -0.2) is 61.9 Å². The van der Waals surface area contributed by atoms with Gasteiger partial charge in [0.15, 0.2) is 5.65 Å². The van der Waals surface area contributed by atoms with Gasteiger partial charge in [-0.1, -0.05) is 45.0 Å². The number of ether oxygens (including phenoxy) is 1. The number of carbonyl (C=O) groups is 1. The number of anilines is 1. The van der Waals surface area contributed by atoms with Crippen LogP contribution in [0, 0.1) is 19.3 Å². The summed E-state index contributed by atoms with van der Waals surface area (Å²) >= 11 is 0. The van der Waals surface area contributed by atoms with Crippen LogP contribution >= 0.6 is 12.4 Å². The molecule has 3 N–H and O–H groups in total. The molecule has 0 spiro atoms. The average molecular weight is 723 g/mol. The number of hydrogen-bond acceptors (Lipinski definition) is 10. The Balaban J connectivity index is 0.00000562. The Morgan fingerprint density at radius 3 is 2.38 bits per heavy atom. The van der Waals surface area contributed by atoms with Crippen molar-refractivity contribution in [3.63, 3.8) is 0 Å². The number of sulfonamides is 1. The minimum absolute atomic E-state index is 0. The van der Waals surface area contributed by atoms with E-state index in [1.807, 2.05) is 56.8 Å². The minimum atomic E-state index is -4.24. The highest BCUT2D eigenvalue weighted by molar-refractivity contribution is 7.92. The Hall–Kier alpha value is -4.66. The van der Waals surface area contributed by atoms with Gasteiger partial charge in [-0.05, 0) is 68.9 Å². The summed E-state index contributed by atoms with van der Waals surface area (Å²) in [6.45, 7) is 15.1. The van der Waals surface area contributed by atoms with Gasteiger partial charge in [0.25, 0.3) is 10.0 Å². The lowest BCUT2D eigenvalue weighted by molar-refractivity contribution is 0.0696. The average Bonchev–Trinajstić information content (AvgIpc) is 3.46. The topological polar surface area (TPSA) is 174 Å². The Bertz CT molecular complexity index is 2080. The van der Waals surface area contributed by atoms with Crippen molar-refractivity contribution >= 4 is 45.5 Å². The number of rotatable bonds is 13. The summed E-state index contributed by atoms with van der Waals surface area (Å²) in [6, 6.07) is 12.7. The van der Waals surface area contributed by atoms with E-state index in [1.54, 1.807) is 12.3 Å². The Kier molecular flexibility index (Phi) is 11.8. The second kappa shape index (κ2) is 15.5. The number of aryl methyl sites for hydroxylation is 2. The van der Waals surface area contributed by atoms with E-state index in [9.17, 15) is 18.3 Å². The van der Waals surface area contributed by atoms with Crippen molar-refractivity contribution in [3.05, 3.63) is 83.3 Å². The second-order valence-corrected chi connectivity index (χ2v) is 15.2. The molecule has 0 saturated heterocycles. The SMILES string of the molecule is Cc1cccc(C)c1-c1cc(OC[C@@H](CC(C)(C)C)NCc2cnc3nn(C(C)C)cc3n2)nc(NS(=O)(=O)c2cccc(C(=O)O)c2)n1.Cl. The largest absolute Gasteiger partial charge is 0.478 e. The van der Waals surface area contributed by atoms with Crippen LogP contribution in [-0.2, 0) is 16.6 Å². The van der Waals surface area contributed by atoms with Crippen LogP contribution < -0.4 is 14.8 Å². The fourth-order valence-electron chi connectivity index (χ4n) is 5.44. The number of aromatic nitrogens is 6. The molecule has 0 radical (unpaired) electrons. The third-order valence-corrected chi connectivity index (χ3v) is 9.07. The van der Waals surface area contributed by atoms with E-state index < -0.39 is 16.0 Å². The van der Waals surface area contributed by atoms with Gasteiger partial charge in [0.2, 0.25) is 11.8 Å². The lowest BCUT2D eigenvalue weighted by Crippen LogP contribution is -2.37. The Morgan fingerprint density at radius 2 is 1.72 bits per heavy atom. The summed E-state index contributed by atoms with van der Waals surface area (Å²) in [4.78, 5) is 29.5. The lowest BCUT2D eigenvalue weighted by Gasteiger charge is -2.27. The summed E-state index contributed by atoms with van der Waals surface area (Å²) in [5.41, 5.74) is 5.05. The van der Waals surface area contributed by atoms with Gasteiger partial charge in [0.1, 0.15) is 12.1 Å². The molecule has 3 heterocycles. The normalized spacial score (nSPS) is 12.5. The molecule has 5 rings (SSSR count). The Morgan fingerprint density at radius 1 is 1.02 bits per heavy atom. The van der Waals surface area contributed by atoms with Crippen molar-refractivity contribution in [1.82, 2.24) is 35.0 Å². The first-order valence-electron chi connectivity index (χ1n) is 16.0. The van der Waals surface area contributed by atoms with E-state index in [1.165, 1.54) is 18.2 Å². The summed E-state index contributed by atoms with van der Waals surface area (Å²) in [5.74, 6) is -1.27. The van der Waals surface area contributed by atoms with E-state index in [0.717, 1.165) is 40.4 Å². The summed E-state index contributed by atoms with van der Waals surface area (Å²) < 4.78 is 37.3. The van der Waals surface area contributed by atoms with Gasteiger partial charge in [-0.25, -0.2) is 32.9 Å². The van der Waals surface area contributed by atoms with E-state index in [4.69, 9.17) is 9.72 Å². The zero-order valence-corrected chi connectivity index (χ0v) is 30.8. The van der Waals surface area contributed by atoms with Gasteiger partial charge in [0, 0.05) is 30.3 Å². The van der Waals surface area contributed by atoms with Gasteiger partial charge in [-0.3, -0.25) is 4.68 Å². The van der Waals surface area contributed by atoms with E-state index in [-0.39, 0.29) is 58.8 Å². The molecule has 3 aromatic heterocycles. The molecule has 13 nitrogen and oxygen atoms in total. The van der Waals surface area contributed by atoms with Crippen molar-refractivity contribution in [2.24, 2.45) is 5.41 Å². The molecular weight excluding hydrogens is 680 g/mol. The number of carboxylic acids is 1. The molecule has 0 fully saturated rings. The van der Waals surface area contributed by atoms with Crippen LogP contribution in [0.15, 0.2) is 65.8 Å². The third-order valence-electron chi connectivity index (χ3n) is 7.74. The van der Waals surface area contributed by atoms with Crippen LogP contribution in [0.4, 0.5) is 5.95 Å². The van der Waals surface area contributed by atoms with Crippen LogP contribution in [0.2, 0.25) is 0 Å². The van der Waals surface area contributed by atoms with Crippen molar-refractivity contribution in [2.45, 2.75) is 78.4 Å². The highest BCUT2D eigenvalue weighted by Crippen LogP contribution is 2.30. The van der Waals surface area contributed by atoms with Crippen LogP contribution in [0.1, 0.15) is 74.3 Å². The summed E-state index contributed by atoms with van der Waals surface area (Å²) in [7, 11) is -4.24. The lowest BCUT2D eigenvalue weighted by atomic mass is 9.88. The number of nitrogens with one attached hydrogen (secondary N) is 2. The number of benzene rings is 2. The summed E-state index contributed by atoms with van der Waals surface area (Å²) in [5, 5.41) is 17.4. The molecule has 0 bridgehead atoms. The Labute approximate surface area is 298 Å². The van der Waals surface area contributed by atoms with Gasteiger partial charge in [0.05, 0.1) is 34.2 Å². The van der Waals surface area contributed by atoms with Gasteiger partial charge in [-0.2, -0.15) is 10.1 Å². The fraction of sp³-hybridized carbons (Fsp3) is 0.371. The van der Waals surface area contributed by atoms with E-state index in [2.05, 4.69) is 50.9 Å². The van der Waals surface area contributed by atoms with Crippen LogP contribution in [0.3, 0.4) is 0 Å². The zero-order chi connectivity index (χ0) is 35.5. The smallest absolute Gasteiger partial charge is 0.335 e. The maximum atomic E-state index is 13.4. The highest BCUT2D eigenvalue weighted by atomic mass is 35.5. The number of hydrogen-bond donors (Lipinski definition) is 3. The predicted molar refractivity (Wildman–Crippen MR) is 194 cm³/mol. The van der Waals surface area contributed by atoms with Gasteiger partial charge >= 0.3 is 5.97 Å². The maximum Gasteiger partial charge on any atom is 0.335 e. The number of halogens is 1. The molecule has 0 unspecified atom stereocenters. The maximum absolute atomic E-state index is 13.4. The molecule has 0 aliphatic rings. The number of carboxylic acid groups (broad SMARTS) is 1. The molecule has 2 aromatic carbocycles. The molecular formula is C35H43ClN8O5S. The van der Waals surface area contributed by atoms with Gasteiger partial charge in [-0.15, -0.1) is 12.4 Å². The third kappa shape index (κ3) is 9.52. The van der Waals surface area contributed by atoms with Crippen molar-refractivity contribution in [3.8, 4) is 17.1 Å². The molecule has 15 heteroatoms. The van der Waals surface area contributed by atoms with Crippen molar-refractivity contribution in [2.75, 3.05) is 11.3 Å². The van der Waals surface area contributed by atoms with E-state index in [0.29, 0.717) is 17.9 Å².